The monoisotopic (exact) mass is 272 g/mol. The number of hydrogen-bond acceptors (Lipinski definition) is 3. The summed E-state index contributed by atoms with van der Waals surface area (Å²) in [5, 5.41) is 0. The Morgan fingerprint density at radius 2 is 1.61 bits per heavy atom. The molecule has 3 heteroatoms. The van der Waals surface area contributed by atoms with Crippen LogP contribution in [0.25, 0.3) is 0 Å². The van der Waals surface area contributed by atoms with E-state index < -0.39 is 0 Å². The van der Waals surface area contributed by atoms with E-state index in [4.69, 9.17) is 0 Å². The van der Waals surface area contributed by atoms with Crippen LogP contribution in [0.5, 0.6) is 0 Å². The van der Waals surface area contributed by atoms with Crippen LogP contribution in [0.2, 0.25) is 0 Å². The number of nitrogens with zero attached hydrogens (tertiary/aromatic N) is 2. The molecule has 0 unspecified atom stereocenters. The molecule has 0 aliphatic rings. The fourth-order valence-electron chi connectivity index (χ4n) is 0.965. The van der Waals surface area contributed by atoms with Gasteiger partial charge in [-0.2, -0.15) is 11.8 Å². The smallest absolute Gasteiger partial charge is 0.125 e. The third-order valence-electron chi connectivity index (χ3n) is 1.54. The van der Waals surface area contributed by atoms with Gasteiger partial charge >= 0.3 is 0 Å². The minimum Gasteiger partial charge on any atom is -0.242 e. The third kappa shape index (κ3) is 15.4. The zero-order chi connectivity index (χ0) is 14.8. The first-order valence-corrected chi connectivity index (χ1v) is 8.34. The summed E-state index contributed by atoms with van der Waals surface area (Å²) in [6.45, 7) is 16.1. The predicted molar refractivity (Wildman–Crippen MR) is 87.5 cm³/mol. The standard InChI is InChI=1S/C9H14N2S.3C2H6/c1-3-12-7-5-9-4-6-10-8(2)11-9;3*1-2/h4,6H,3,5,7H2,1-2H3;3*1-2H3. The Balaban J connectivity index is -0.000000328. The van der Waals surface area contributed by atoms with Gasteiger partial charge in [0.1, 0.15) is 5.82 Å². The van der Waals surface area contributed by atoms with Gasteiger partial charge in [-0.05, 0) is 30.9 Å². The van der Waals surface area contributed by atoms with Crippen molar-refractivity contribution in [3.8, 4) is 0 Å². The van der Waals surface area contributed by atoms with Gasteiger partial charge in [0.25, 0.3) is 0 Å². The van der Waals surface area contributed by atoms with E-state index in [1.54, 1.807) is 0 Å². The second kappa shape index (κ2) is 21.7. The van der Waals surface area contributed by atoms with Crippen molar-refractivity contribution in [2.75, 3.05) is 11.5 Å². The van der Waals surface area contributed by atoms with Crippen LogP contribution in [0.3, 0.4) is 0 Å². The highest BCUT2D eigenvalue weighted by atomic mass is 32.2. The van der Waals surface area contributed by atoms with Crippen molar-refractivity contribution in [2.45, 2.75) is 61.8 Å². The molecule has 18 heavy (non-hydrogen) atoms. The first-order valence-electron chi connectivity index (χ1n) is 7.19. The van der Waals surface area contributed by atoms with Gasteiger partial charge in [0.2, 0.25) is 0 Å². The van der Waals surface area contributed by atoms with Gasteiger partial charge in [-0.25, -0.2) is 9.97 Å². The molecule has 0 radical (unpaired) electrons. The van der Waals surface area contributed by atoms with Crippen LogP contribution in [-0.2, 0) is 6.42 Å². The van der Waals surface area contributed by atoms with Crippen molar-refractivity contribution >= 4 is 11.8 Å². The zero-order valence-corrected chi connectivity index (χ0v) is 14.4. The summed E-state index contributed by atoms with van der Waals surface area (Å²) >= 11 is 1.95. The second-order valence-electron chi connectivity index (χ2n) is 2.54. The SMILES string of the molecule is CC.CC.CC.CCSCCc1ccnc(C)n1. The number of aryl methyl sites for hydroxylation is 2. The predicted octanol–water partition coefficient (Wildman–Crippen LogP) is 5.16. The lowest BCUT2D eigenvalue weighted by atomic mass is 10.3. The van der Waals surface area contributed by atoms with Gasteiger partial charge in [-0.15, -0.1) is 0 Å². The summed E-state index contributed by atoms with van der Waals surface area (Å²) in [5.41, 5.74) is 1.16. The minimum absolute atomic E-state index is 0.869. The Labute approximate surface area is 119 Å². The summed E-state index contributed by atoms with van der Waals surface area (Å²) in [6.07, 6.45) is 2.89. The molecule has 0 atom stereocenters. The number of hydrogen-bond donors (Lipinski definition) is 0. The highest BCUT2D eigenvalue weighted by Gasteiger charge is 1.94. The Morgan fingerprint density at radius 1 is 1.06 bits per heavy atom. The zero-order valence-electron chi connectivity index (χ0n) is 13.6. The second-order valence-corrected chi connectivity index (χ2v) is 3.94. The Kier molecular flexibility index (Phi) is 27.2. The molecule has 1 rings (SSSR count). The third-order valence-corrected chi connectivity index (χ3v) is 2.44. The van der Waals surface area contributed by atoms with Gasteiger partial charge in [-0.3, -0.25) is 0 Å². The minimum atomic E-state index is 0.869. The number of aromatic nitrogens is 2. The lowest BCUT2D eigenvalue weighted by molar-refractivity contribution is 0.954. The fraction of sp³-hybridized carbons (Fsp3) is 0.733. The molecule has 1 aromatic heterocycles. The van der Waals surface area contributed by atoms with Crippen LogP contribution >= 0.6 is 11.8 Å². The molecule has 0 fully saturated rings. The molecule has 1 aromatic rings. The molecule has 0 saturated heterocycles. The molecule has 1 heterocycles. The van der Waals surface area contributed by atoms with Crippen molar-refractivity contribution in [1.82, 2.24) is 9.97 Å². The van der Waals surface area contributed by atoms with Crippen LogP contribution < -0.4 is 0 Å². The summed E-state index contributed by atoms with van der Waals surface area (Å²) in [7, 11) is 0. The number of thioether (sulfide) groups is 1. The first-order chi connectivity index (χ1) is 8.83. The van der Waals surface area contributed by atoms with Crippen molar-refractivity contribution in [1.29, 1.82) is 0 Å². The van der Waals surface area contributed by atoms with E-state index in [1.165, 1.54) is 5.75 Å². The van der Waals surface area contributed by atoms with E-state index in [2.05, 4.69) is 16.9 Å². The van der Waals surface area contributed by atoms with Gasteiger partial charge in [-0.1, -0.05) is 48.5 Å². The van der Waals surface area contributed by atoms with E-state index in [9.17, 15) is 0 Å². The molecule has 0 spiro atoms. The quantitative estimate of drug-likeness (QED) is 0.708. The van der Waals surface area contributed by atoms with Crippen molar-refractivity contribution in [3.05, 3.63) is 23.8 Å². The molecule has 0 aliphatic carbocycles. The molecule has 0 bridgehead atoms. The molecule has 2 nitrogen and oxygen atoms in total. The normalized spacial score (nSPS) is 7.78. The van der Waals surface area contributed by atoms with Crippen molar-refractivity contribution < 1.29 is 0 Å². The summed E-state index contributed by atoms with van der Waals surface area (Å²) < 4.78 is 0. The molecular formula is C15H32N2S. The maximum Gasteiger partial charge on any atom is 0.125 e. The summed E-state index contributed by atoms with van der Waals surface area (Å²) in [4.78, 5) is 8.37. The van der Waals surface area contributed by atoms with Gasteiger partial charge < -0.3 is 0 Å². The molecule has 108 valence electrons. The topological polar surface area (TPSA) is 25.8 Å². The maximum atomic E-state index is 4.32. The largest absolute Gasteiger partial charge is 0.242 e. The highest BCUT2D eigenvalue weighted by molar-refractivity contribution is 7.99. The summed E-state index contributed by atoms with van der Waals surface area (Å²) in [6, 6.07) is 1.99. The van der Waals surface area contributed by atoms with Crippen LogP contribution in [-0.4, -0.2) is 21.5 Å². The van der Waals surface area contributed by atoms with Crippen LogP contribution in [0, 0.1) is 6.92 Å². The lowest BCUT2D eigenvalue weighted by Gasteiger charge is -1.99. The van der Waals surface area contributed by atoms with Crippen molar-refractivity contribution in [2.24, 2.45) is 0 Å². The molecular weight excluding hydrogens is 240 g/mol. The lowest BCUT2D eigenvalue weighted by Crippen LogP contribution is -1.96. The van der Waals surface area contributed by atoms with Gasteiger partial charge in [0, 0.05) is 11.9 Å². The molecule has 0 N–H and O–H groups in total. The van der Waals surface area contributed by atoms with Crippen LogP contribution in [0.4, 0.5) is 0 Å². The average Bonchev–Trinajstić information content (AvgIpc) is 2.46. The van der Waals surface area contributed by atoms with Crippen LogP contribution in [0.1, 0.15) is 60.0 Å². The summed E-state index contributed by atoms with van der Waals surface area (Å²) in [5.74, 6) is 3.21. The van der Waals surface area contributed by atoms with Crippen LogP contribution in [0.15, 0.2) is 12.3 Å². The average molecular weight is 273 g/mol. The van der Waals surface area contributed by atoms with Crippen molar-refractivity contribution in [3.63, 3.8) is 0 Å². The maximum absolute atomic E-state index is 4.32. The van der Waals surface area contributed by atoms with E-state index in [0.717, 1.165) is 23.7 Å². The molecule has 0 aliphatic heterocycles. The Morgan fingerprint density at radius 3 is 2.06 bits per heavy atom. The van der Waals surface area contributed by atoms with Gasteiger partial charge in [0.15, 0.2) is 0 Å². The first kappa shape index (κ1) is 22.6. The van der Waals surface area contributed by atoms with E-state index in [-0.39, 0.29) is 0 Å². The number of rotatable bonds is 4. The van der Waals surface area contributed by atoms with E-state index >= 15 is 0 Å². The fourth-order valence-corrected chi connectivity index (χ4v) is 1.61. The van der Waals surface area contributed by atoms with E-state index in [1.807, 2.05) is 72.5 Å². The Hall–Kier alpha value is -0.570. The molecule has 0 aromatic carbocycles. The highest BCUT2D eigenvalue weighted by Crippen LogP contribution is 2.03. The molecule has 0 amide bonds. The molecule has 0 saturated carbocycles. The Bertz CT molecular complexity index is 240. The van der Waals surface area contributed by atoms with Gasteiger partial charge in [0.05, 0.1) is 0 Å². The van der Waals surface area contributed by atoms with E-state index in [0.29, 0.717) is 0 Å².